The Balaban J connectivity index is 1.90. The minimum absolute atomic E-state index is 0.0750. The van der Waals surface area contributed by atoms with Crippen molar-refractivity contribution in [3.63, 3.8) is 0 Å². The molecule has 3 rings (SSSR count). The van der Waals surface area contributed by atoms with Gasteiger partial charge in [0.05, 0.1) is 18.8 Å². The first-order valence-electron chi connectivity index (χ1n) is 9.77. The number of methoxy groups -OCH3 is 1. The predicted molar refractivity (Wildman–Crippen MR) is 101 cm³/mol. The van der Waals surface area contributed by atoms with Gasteiger partial charge in [-0.2, -0.15) is 0 Å². The lowest BCUT2D eigenvalue weighted by molar-refractivity contribution is -0.0916. The van der Waals surface area contributed by atoms with E-state index in [0.29, 0.717) is 19.1 Å². The number of alkyl halides is 1. The average Bonchev–Trinajstić information content (AvgIpc) is 3.12. The summed E-state index contributed by atoms with van der Waals surface area (Å²) in [4.78, 5) is 4.17. The molecular formula is C20H32FNO2S. The molecule has 0 amide bonds. The maximum atomic E-state index is 12.8. The van der Waals surface area contributed by atoms with Crippen LogP contribution in [0.1, 0.15) is 55.4 Å². The number of ether oxygens (including phenoxy) is 2. The van der Waals surface area contributed by atoms with Gasteiger partial charge >= 0.3 is 0 Å². The van der Waals surface area contributed by atoms with Crippen LogP contribution in [0.15, 0.2) is 11.4 Å². The zero-order valence-electron chi connectivity index (χ0n) is 15.5. The Morgan fingerprint density at radius 2 is 2.08 bits per heavy atom. The van der Waals surface area contributed by atoms with Crippen molar-refractivity contribution in [1.82, 2.24) is 4.90 Å². The Bertz CT molecular complexity index is 518. The van der Waals surface area contributed by atoms with Crippen LogP contribution >= 0.6 is 11.3 Å². The summed E-state index contributed by atoms with van der Waals surface area (Å²) in [6.45, 7) is 3.20. The molecule has 0 N–H and O–H groups in total. The SMILES string of the molecule is COCOC[C@@H]1CCCC[C@]1(c1cc(CCF)cs1)N1CCCCC1. The van der Waals surface area contributed by atoms with Crippen LogP contribution < -0.4 is 0 Å². The number of rotatable bonds is 8. The van der Waals surface area contributed by atoms with Gasteiger partial charge in [-0.3, -0.25) is 9.29 Å². The zero-order chi connectivity index (χ0) is 17.5. The van der Waals surface area contributed by atoms with E-state index in [1.54, 1.807) is 7.11 Å². The molecule has 0 unspecified atom stereocenters. The molecule has 2 atom stereocenters. The van der Waals surface area contributed by atoms with Crippen LogP contribution in [-0.4, -0.2) is 45.2 Å². The maximum absolute atomic E-state index is 12.8. The molecule has 25 heavy (non-hydrogen) atoms. The van der Waals surface area contributed by atoms with Crippen LogP contribution in [0, 0.1) is 5.92 Å². The second-order valence-electron chi connectivity index (χ2n) is 7.45. The lowest BCUT2D eigenvalue weighted by Gasteiger charge is -2.52. The van der Waals surface area contributed by atoms with Crippen molar-refractivity contribution < 1.29 is 13.9 Å². The van der Waals surface area contributed by atoms with E-state index >= 15 is 0 Å². The Morgan fingerprint density at radius 1 is 1.24 bits per heavy atom. The molecule has 1 aromatic rings. The molecule has 0 aromatic carbocycles. The second-order valence-corrected chi connectivity index (χ2v) is 8.36. The molecule has 1 saturated heterocycles. The van der Waals surface area contributed by atoms with Gasteiger partial charge in [0.2, 0.25) is 0 Å². The smallest absolute Gasteiger partial charge is 0.146 e. The van der Waals surface area contributed by atoms with Crippen LogP contribution in [0.3, 0.4) is 0 Å². The lowest BCUT2D eigenvalue weighted by Crippen LogP contribution is -2.55. The molecule has 0 bridgehead atoms. The number of hydrogen-bond acceptors (Lipinski definition) is 4. The maximum Gasteiger partial charge on any atom is 0.146 e. The van der Waals surface area contributed by atoms with Crippen molar-refractivity contribution in [2.24, 2.45) is 5.92 Å². The molecule has 3 nitrogen and oxygen atoms in total. The van der Waals surface area contributed by atoms with E-state index in [4.69, 9.17) is 9.47 Å². The number of hydrogen-bond donors (Lipinski definition) is 0. The Hall–Kier alpha value is -0.490. The van der Waals surface area contributed by atoms with E-state index in [0.717, 1.165) is 12.2 Å². The first kappa shape index (κ1) is 19.3. The van der Waals surface area contributed by atoms with Crippen LogP contribution in [0.25, 0.3) is 0 Å². The highest BCUT2D eigenvalue weighted by atomic mass is 32.1. The quantitative estimate of drug-likeness (QED) is 0.487. The van der Waals surface area contributed by atoms with Crippen LogP contribution in [0.2, 0.25) is 0 Å². The van der Waals surface area contributed by atoms with Crippen LogP contribution in [0.5, 0.6) is 0 Å². The van der Waals surface area contributed by atoms with E-state index in [9.17, 15) is 4.39 Å². The van der Waals surface area contributed by atoms with Gasteiger partial charge in [-0.05, 0) is 55.8 Å². The topological polar surface area (TPSA) is 21.7 Å². The van der Waals surface area contributed by atoms with Gasteiger partial charge in [0.1, 0.15) is 6.79 Å². The van der Waals surface area contributed by atoms with E-state index in [1.807, 2.05) is 11.3 Å². The number of likely N-dealkylation sites (tertiary alicyclic amines) is 1. The second kappa shape index (κ2) is 9.45. The molecule has 142 valence electrons. The number of halogens is 1. The Morgan fingerprint density at radius 3 is 2.84 bits per heavy atom. The fourth-order valence-corrected chi connectivity index (χ4v) is 6.04. The molecule has 1 saturated carbocycles. The van der Waals surface area contributed by atoms with Crippen molar-refractivity contribution in [3.8, 4) is 0 Å². The third-order valence-corrected chi connectivity index (χ3v) is 7.09. The number of thiophene rings is 1. The van der Waals surface area contributed by atoms with Gasteiger partial charge in [0.15, 0.2) is 0 Å². The molecule has 1 aliphatic heterocycles. The largest absolute Gasteiger partial charge is 0.359 e. The van der Waals surface area contributed by atoms with Crippen molar-refractivity contribution in [1.29, 1.82) is 0 Å². The van der Waals surface area contributed by atoms with Gasteiger partial charge < -0.3 is 9.47 Å². The molecule has 0 radical (unpaired) electrons. The van der Waals surface area contributed by atoms with Gasteiger partial charge in [0, 0.05) is 24.3 Å². The highest BCUT2D eigenvalue weighted by molar-refractivity contribution is 7.10. The van der Waals surface area contributed by atoms with Crippen molar-refractivity contribution in [2.75, 3.05) is 40.3 Å². The highest BCUT2D eigenvalue weighted by Crippen LogP contribution is 2.49. The summed E-state index contributed by atoms with van der Waals surface area (Å²) in [6.07, 6.45) is 9.41. The summed E-state index contributed by atoms with van der Waals surface area (Å²) in [7, 11) is 1.68. The Labute approximate surface area is 155 Å². The van der Waals surface area contributed by atoms with Crippen LogP contribution in [-0.2, 0) is 21.4 Å². The summed E-state index contributed by atoms with van der Waals surface area (Å²) in [5.41, 5.74) is 1.23. The minimum atomic E-state index is -0.271. The summed E-state index contributed by atoms with van der Waals surface area (Å²) in [6, 6.07) is 2.29. The van der Waals surface area contributed by atoms with Crippen molar-refractivity contribution in [3.05, 3.63) is 21.9 Å². The third kappa shape index (κ3) is 4.26. The molecular weight excluding hydrogens is 337 g/mol. The van der Waals surface area contributed by atoms with Crippen molar-refractivity contribution in [2.45, 2.75) is 56.9 Å². The number of nitrogens with zero attached hydrogens (tertiary/aromatic N) is 1. The molecule has 5 heteroatoms. The third-order valence-electron chi connectivity index (χ3n) is 5.94. The number of aryl methyl sites for hydroxylation is 1. The molecule has 0 spiro atoms. The van der Waals surface area contributed by atoms with Crippen LogP contribution in [0.4, 0.5) is 4.39 Å². The fraction of sp³-hybridized carbons (Fsp3) is 0.800. The predicted octanol–water partition coefficient (Wildman–Crippen LogP) is 4.75. The number of piperidine rings is 1. The fourth-order valence-electron chi connectivity index (χ4n) is 4.76. The van der Waals surface area contributed by atoms with E-state index in [2.05, 4.69) is 16.3 Å². The van der Waals surface area contributed by atoms with E-state index in [-0.39, 0.29) is 12.2 Å². The summed E-state index contributed by atoms with van der Waals surface area (Å²) >= 11 is 1.84. The molecule has 1 aromatic heterocycles. The zero-order valence-corrected chi connectivity index (χ0v) is 16.3. The highest BCUT2D eigenvalue weighted by Gasteiger charge is 2.47. The van der Waals surface area contributed by atoms with Gasteiger partial charge in [-0.1, -0.05) is 19.3 Å². The first-order valence-corrected chi connectivity index (χ1v) is 10.6. The minimum Gasteiger partial charge on any atom is -0.359 e. The molecule has 1 aliphatic carbocycles. The summed E-state index contributed by atoms with van der Waals surface area (Å²) in [5.74, 6) is 0.492. The summed E-state index contributed by atoms with van der Waals surface area (Å²) in [5, 5.41) is 2.17. The van der Waals surface area contributed by atoms with E-state index in [1.165, 1.54) is 62.9 Å². The van der Waals surface area contributed by atoms with Gasteiger partial charge in [-0.25, -0.2) is 0 Å². The van der Waals surface area contributed by atoms with Gasteiger partial charge in [-0.15, -0.1) is 11.3 Å². The average molecular weight is 370 g/mol. The van der Waals surface area contributed by atoms with E-state index < -0.39 is 0 Å². The molecule has 2 heterocycles. The lowest BCUT2D eigenvalue weighted by atomic mass is 9.70. The Kier molecular flexibility index (Phi) is 7.28. The first-order chi connectivity index (χ1) is 12.3. The molecule has 2 aliphatic rings. The normalized spacial score (nSPS) is 28.3. The molecule has 2 fully saturated rings. The van der Waals surface area contributed by atoms with Crippen molar-refractivity contribution >= 4 is 11.3 Å². The van der Waals surface area contributed by atoms with Gasteiger partial charge in [0.25, 0.3) is 0 Å². The monoisotopic (exact) mass is 369 g/mol. The standard InChI is InChI=1S/C20H32FNO2S/c1-23-16-24-14-18-7-3-4-9-20(18,22-11-5-2-6-12-22)19-13-17(8-10-21)15-25-19/h13,15,18H,2-12,14,16H2,1H3/t18-,20-/m0/s1. The summed E-state index contributed by atoms with van der Waals surface area (Å²) < 4.78 is 23.8.